The zero-order chi connectivity index (χ0) is 29.9. The van der Waals surface area contributed by atoms with Gasteiger partial charge in [-0.15, -0.1) is 0 Å². The van der Waals surface area contributed by atoms with Crippen LogP contribution in [-0.4, -0.2) is 18.5 Å². The third kappa shape index (κ3) is 5.66. The van der Waals surface area contributed by atoms with Crippen LogP contribution in [0, 0.1) is 5.92 Å². The third-order valence-electron chi connectivity index (χ3n) is 9.73. The molecule has 0 heterocycles. The van der Waals surface area contributed by atoms with E-state index in [1.165, 1.54) is 94.9 Å². The SMILES string of the molecule is C=C1C([PH](CCCC)(CCCC)CCCC)=C(Br)C=CC1C1(c2ccccc2)c2cc(Br)ccc2-c2ccc(Br)cc21. The Hall–Kier alpha value is -1.25. The van der Waals surface area contributed by atoms with Gasteiger partial charge >= 0.3 is 282 Å². The van der Waals surface area contributed by atoms with E-state index >= 15 is 0 Å². The van der Waals surface area contributed by atoms with E-state index in [0.29, 0.717) is 0 Å². The molecule has 0 nitrogen and oxygen atoms in total. The summed E-state index contributed by atoms with van der Waals surface area (Å²) in [6.45, 7) is 12.2. The van der Waals surface area contributed by atoms with Crippen molar-refractivity contribution < 1.29 is 0 Å². The van der Waals surface area contributed by atoms with Crippen LogP contribution in [0.1, 0.15) is 76.0 Å². The van der Waals surface area contributed by atoms with Crippen molar-refractivity contribution >= 4 is 55.1 Å². The fourth-order valence-electron chi connectivity index (χ4n) is 7.81. The van der Waals surface area contributed by atoms with Gasteiger partial charge in [0, 0.05) is 0 Å². The maximum absolute atomic E-state index is 5.10. The summed E-state index contributed by atoms with van der Waals surface area (Å²) in [5.74, 6) is 0.108. The molecule has 42 heavy (non-hydrogen) atoms. The Bertz CT molecular complexity index is 1430. The van der Waals surface area contributed by atoms with Gasteiger partial charge in [-0.25, -0.2) is 0 Å². The molecule has 2 aliphatic rings. The molecule has 0 aromatic heterocycles. The average molecular weight is 771 g/mol. The first-order valence-corrected chi connectivity index (χ1v) is 20.8. The zero-order valence-electron chi connectivity index (χ0n) is 25.3. The number of rotatable bonds is 12. The molecule has 3 aromatic rings. The van der Waals surface area contributed by atoms with E-state index in [1.54, 1.807) is 5.31 Å². The Morgan fingerprint density at radius 1 is 0.714 bits per heavy atom. The van der Waals surface area contributed by atoms with E-state index in [2.05, 4.69) is 147 Å². The van der Waals surface area contributed by atoms with Crippen molar-refractivity contribution in [2.45, 2.75) is 64.7 Å². The standard InChI is InChI=1S/C38H44Br3P/c1-5-8-22-42(23-9-6-2,24-10-7-3)37-27(4)33(20-21-36(37)41)38(28-14-12-11-13-15-28)34-25-29(39)16-18-31(34)32-19-17-30(40)26-35(32)38/h11-21,25-26,33,42H,4-10,22-24H2,1-3H3. The van der Waals surface area contributed by atoms with Gasteiger partial charge in [0.1, 0.15) is 0 Å². The summed E-state index contributed by atoms with van der Waals surface area (Å²) >= 11 is 11.9. The van der Waals surface area contributed by atoms with E-state index in [0.717, 1.165) is 8.95 Å². The monoisotopic (exact) mass is 768 g/mol. The van der Waals surface area contributed by atoms with Gasteiger partial charge in [-0.05, 0) is 0 Å². The summed E-state index contributed by atoms with van der Waals surface area (Å²) in [5, 5.41) is 1.61. The Morgan fingerprint density at radius 2 is 1.21 bits per heavy atom. The Morgan fingerprint density at radius 3 is 1.69 bits per heavy atom. The number of fused-ring (bicyclic) bond motifs is 3. The summed E-state index contributed by atoms with van der Waals surface area (Å²) in [6, 6.07) is 25.0. The molecule has 0 spiro atoms. The second-order valence-corrected chi connectivity index (χ2v) is 19.5. The van der Waals surface area contributed by atoms with Crippen LogP contribution in [0.25, 0.3) is 11.1 Å². The van der Waals surface area contributed by atoms with Crippen molar-refractivity contribution in [1.82, 2.24) is 0 Å². The van der Waals surface area contributed by atoms with Crippen molar-refractivity contribution in [3.8, 4) is 11.1 Å². The molecular formula is C38H44Br3P. The van der Waals surface area contributed by atoms with Crippen molar-refractivity contribution in [1.29, 1.82) is 0 Å². The van der Waals surface area contributed by atoms with E-state index in [4.69, 9.17) is 6.58 Å². The van der Waals surface area contributed by atoms with Crippen molar-refractivity contribution in [2.24, 2.45) is 5.92 Å². The van der Waals surface area contributed by atoms with Gasteiger partial charge in [0.25, 0.3) is 0 Å². The van der Waals surface area contributed by atoms with Gasteiger partial charge in [0.15, 0.2) is 0 Å². The second kappa shape index (κ2) is 13.8. The van der Waals surface area contributed by atoms with Gasteiger partial charge in [-0.2, -0.15) is 0 Å². The minimum absolute atomic E-state index is 0.108. The van der Waals surface area contributed by atoms with Gasteiger partial charge < -0.3 is 0 Å². The van der Waals surface area contributed by atoms with Crippen LogP contribution < -0.4 is 0 Å². The number of benzene rings is 3. The molecule has 0 radical (unpaired) electrons. The quantitative estimate of drug-likeness (QED) is 0.161. The van der Waals surface area contributed by atoms with E-state index in [-0.39, 0.29) is 11.3 Å². The summed E-state index contributed by atoms with van der Waals surface area (Å²) in [7, 11) is -1.85. The molecule has 2 aliphatic carbocycles. The fraction of sp³-hybridized carbons (Fsp3) is 0.368. The molecule has 1 atom stereocenters. The normalized spacial score (nSPS) is 17.9. The van der Waals surface area contributed by atoms with Crippen LogP contribution in [0.15, 0.2) is 110 Å². The van der Waals surface area contributed by atoms with Gasteiger partial charge in [-0.3, -0.25) is 0 Å². The number of hydrogen-bond acceptors (Lipinski definition) is 0. The minimum atomic E-state index is -1.85. The number of halogens is 3. The van der Waals surface area contributed by atoms with E-state index in [1.807, 2.05) is 0 Å². The molecule has 0 N–H and O–H groups in total. The zero-order valence-corrected chi connectivity index (χ0v) is 31.0. The first-order valence-electron chi connectivity index (χ1n) is 15.8. The molecule has 5 rings (SSSR count). The van der Waals surface area contributed by atoms with Crippen LogP contribution >= 0.6 is 55.1 Å². The first kappa shape index (κ1) is 32.2. The van der Waals surface area contributed by atoms with E-state index in [9.17, 15) is 0 Å². The predicted molar refractivity (Wildman–Crippen MR) is 199 cm³/mol. The predicted octanol–water partition coefficient (Wildman–Crippen LogP) is 13.0. The summed E-state index contributed by atoms with van der Waals surface area (Å²) < 4.78 is 3.53. The maximum atomic E-state index is 5.10. The first-order chi connectivity index (χ1) is 20.3. The molecule has 0 fully saturated rings. The number of unbranched alkanes of at least 4 members (excludes halogenated alkanes) is 3. The van der Waals surface area contributed by atoms with Gasteiger partial charge in [0.2, 0.25) is 0 Å². The molecule has 0 saturated heterocycles. The van der Waals surface area contributed by atoms with E-state index < -0.39 is 7.26 Å². The van der Waals surface area contributed by atoms with Gasteiger partial charge in [0.05, 0.1) is 0 Å². The number of allylic oxidation sites excluding steroid dienone is 5. The van der Waals surface area contributed by atoms with Gasteiger partial charge in [-0.1, -0.05) is 0 Å². The second-order valence-electron chi connectivity index (χ2n) is 12.2. The molecule has 0 amide bonds. The fourth-order valence-corrected chi connectivity index (χ4v) is 16.2. The molecule has 0 bridgehead atoms. The Kier molecular flexibility index (Phi) is 10.6. The van der Waals surface area contributed by atoms with Crippen molar-refractivity contribution in [2.75, 3.05) is 18.5 Å². The Balaban J connectivity index is 1.79. The molecule has 0 aliphatic heterocycles. The molecule has 1 unspecified atom stereocenters. The van der Waals surface area contributed by atoms with Crippen LogP contribution in [-0.2, 0) is 5.41 Å². The van der Waals surface area contributed by atoms with Crippen molar-refractivity contribution in [3.63, 3.8) is 0 Å². The summed E-state index contributed by atoms with van der Waals surface area (Å²) in [4.78, 5) is 0. The van der Waals surface area contributed by atoms with Crippen LogP contribution in [0.5, 0.6) is 0 Å². The van der Waals surface area contributed by atoms with Crippen LogP contribution in [0.2, 0.25) is 0 Å². The topological polar surface area (TPSA) is 0 Å². The average Bonchev–Trinajstić information content (AvgIpc) is 3.27. The number of hydrogen-bond donors (Lipinski definition) is 0. The van der Waals surface area contributed by atoms with Crippen molar-refractivity contribution in [3.05, 3.63) is 126 Å². The molecule has 0 saturated carbocycles. The molecular weight excluding hydrogens is 727 g/mol. The van der Waals surface area contributed by atoms with Crippen LogP contribution in [0.3, 0.4) is 0 Å². The summed E-state index contributed by atoms with van der Waals surface area (Å²) in [5.41, 5.74) is 7.67. The summed E-state index contributed by atoms with van der Waals surface area (Å²) in [6.07, 6.45) is 16.6. The molecule has 3 aromatic carbocycles. The molecule has 4 heteroatoms. The molecule has 222 valence electrons. The third-order valence-corrected chi connectivity index (χ3v) is 17.3. The Labute approximate surface area is 279 Å². The van der Waals surface area contributed by atoms with Crippen LogP contribution in [0.4, 0.5) is 0 Å².